The molecule has 11 rings (SSSR count). The van der Waals surface area contributed by atoms with Crippen LogP contribution in [0.5, 0.6) is 0 Å². The molecule has 5 heteroatoms. The maximum absolute atomic E-state index is 6.68. The molecule has 252 valence electrons. The van der Waals surface area contributed by atoms with Crippen LogP contribution in [0, 0.1) is 11.8 Å². The lowest BCUT2D eigenvalue weighted by atomic mass is 9.58. The molecule has 6 unspecified atom stereocenters. The van der Waals surface area contributed by atoms with Gasteiger partial charge in [-0.05, 0) is 58.2 Å². The number of amidine groups is 2. The van der Waals surface area contributed by atoms with Crippen molar-refractivity contribution in [2.24, 2.45) is 21.8 Å². The molecule has 6 atom stereocenters. The van der Waals surface area contributed by atoms with Gasteiger partial charge in [-0.1, -0.05) is 147 Å². The highest BCUT2D eigenvalue weighted by Gasteiger charge is 2.58. The van der Waals surface area contributed by atoms with Crippen molar-refractivity contribution in [2.45, 2.75) is 43.4 Å². The van der Waals surface area contributed by atoms with Gasteiger partial charge >= 0.3 is 0 Å². The summed E-state index contributed by atoms with van der Waals surface area (Å²) in [6.45, 7) is 2.42. The number of nitrogens with one attached hydrogen (secondary N) is 2. The molecule has 1 spiro atoms. The fourth-order valence-corrected chi connectivity index (χ4v) is 9.97. The first-order chi connectivity index (χ1) is 25.7. The quantitative estimate of drug-likeness (QED) is 0.201. The average Bonchev–Trinajstić information content (AvgIpc) is 3.67. The van der Waals surface area contributed by atoms with E-state index in [0.29, 0.717) is 0 Å². The third-order valence-electron chi connectivity index (χ3n) is 12.2. The van der Waals surface area contributed by atoms with Gasteiger partial charge in [0.05, 0.1) is 11.5 Å². The third-order valence-corrected chi connectivity index (χ3v) is 12.2. The molecule has 0 radical (unpaired) electrons. The Labute approximate surface area is 303 Å². The van der Waals surface area contributed by atoms with Crippen LogP contribution >= 0.6 is 0 Å². The minimum atomic E-state index is -0.433. The number of benzene rings is 4. The van der Waals surface area contributed by atoms with E-state index in [2.05, 4.69) is 163 Å². The molecule has 6 aliphatic rings. The largest absolute Gasteiger partial charge is 0.458 e. The molecule has 4 heterocycles. The molecule has 5 aromatic rings. The molecule has 0 amide bonds. The lowest BCUT2D eigenvalue weighted by Crippen LogP contribution is -2.55. The molecule has 2 N–H and O–H groups in total. The van der Waals surface area contributed by atoms with Gasteiger partial charge in [-0.3, -0.25) is 5.32 Å². The Bertz CT molecular complexity index is 2530. The lowest BCUT2D eigenvalue weighted by molar-refractivity contribution is 0.314. The molecule has 0 fully saturated rings. The zero-order valence-electron chi connectivity index (χ0n) is 29.0. The van der Waals surface area contributed by atoms with Gasteiger partial charge in [-0.15, -0.1) is 0 Å². The van der Waals surface area contributed by atoms with Crippen LogP contribution in [0.1, 0.15) is 64.9 Å². The van der Waals surface area contributed by atoms with E-state index < -0.39 is 5.41 Å². The van der Waals surface area contributed by atoms with Crippen LogP contribution in [-0.4, -0.2) is 23.9 Å². The number of nitrogens with zero attached hydrogens (tertiary/aromatic N) is 2. The van der Waals surface area contributed by atoms with Crippen molar-refractivity contribution in [2.75, 3.05) is 0 Å². The average molecular weight is 675 g/mol. The summed E-state index contributed by atoms with van der Waals surface area (Å²) in [5, 5.41) is 8.95. The molecule has 1 aromatic heterocycles. The maximum atomic E-state index is 6.68. The molecule has 2 bridgehead atoms. The summed E-state index contributed by atoms with van der Waals surface area (Å²) in [7, 11) is 0. The Morgan fingerprint density at radius 3 is 2.42 bits per heavy atom. The second-order valence-electron chi connectivity index (χ2n) is 14.8. The zero-order valence-corrected chi connectivity index (χ0v) is 29.0. The van der Waals surface area contributed by atoms with Gasteiger partial charge < -0.3 is 9.73 Å². The molecule has 3 aliphatic carbocycles. The Hall–Kier alpha value is -5.78. The molecule has 3 aliphatic heterocycles. The van der Waals surface area contributed by atoms with Gasteiger partial charge in [0.1, 0.15) is 23.0 Å². The number of para-hydroxylation sites is 1. The summed E-state index contributed by atoms with van der Waals surface area (Å²) in [5.41, 5.74) is 11.9. The van der Waals surface area contributed by atoms with E-state index in [1.165, 1.54) is 39.0 Å². The number of aliphatic imine (C=N–C) groups is 2. The van der Waals surface area contributed by atoms with Gasteiger partial charge in [0.15, 0.2) is 6.17 Å². The topological polar surface area (TPSA) is 61.9 Å². The van der Waals surface area contributed by atoms with E-state index in [1.807, 2.05) is 0 Å². The highest BCUT2D eigenvalue weighted by molar-refractivity contribution is 6.16. The second kappa shape index (κ2) is 11.4. The van der Waals surface area contributed by atoms with Crippen LogP contribution in [0.15, 0.2) is 165 Å². The number of allylic oxidation sites excluding steroid dienone is 4. The first-order valence-corrected chi connectivity index (χ1v) is 18.6. The van der Waals surface area contributed by atoms with Crippen LogP contribution in [0.2, 0.25) is 0 Å². The van der Waals surface area contributed by atoms with E-state index >= 15 is 0 Å². The van der Waals surface area contributed by atoms with Gasteiger partial charge in [0, 0.05) is 34.0 Å². The van der Waals surface area contributed by atoms with Crippen molar-refractivity contribution in [3.8, 4) is 0 Å². The van der Waals surface area contributed by atoms with Crippen LogP contribution in [0.3, 0.4) is 0 Å². The van der Waals surface area contributed by atoms with E-state index in [0.717, 1.165) is 52.4 Å². The first-order valence-electron chi connectivity index (χ1n) is 18.6. The van der Waals surface area contributed by atoms with Gasteiger partial charge in [-0.2, -0.15) is 0 Å². The predicted molar refractivity (Wildman–Crippen MR) is 210 cm³/mol. The number of fused-ring (bicyclic) bond motifs is 14. The number of rotatable bonds is 3. The van der Waals surface area contributed by atoms with Crippen molar-refractivity contribution >= 4 is 34.3 Å². The third kappa shape index (κ3) is 4.14. The maximum Gasteiger partial charge on any atom is 0.151 e. The van der Waals surface area contributed by atoms with Crippen LogP contribution in [0.25, 0.3) is 22.6 Å². The van der Waals surface area contributed by atoms with Crippen LogP contribution in [0.4, 0.5) is 0 Å². The summed E-state index contributed by atoms with van der Waals surface area (Å²) in [4.78, 5) is 10.8. The Kier molecular flexibility index (Phi) is 6.53. The van der Waals surface area contributed by atoms with Crippen molar-refractivity contribution in [3.05, 3.63) is 190 Å². The standard InChI is InChI=1S/C47H38N4O/c1-28-31(46-50-44(29-14-4-2-5-15-29)49-45(51-46)30-16-6-3-7-17-30)24-25-34-32-18-8-11-21-37(32)47(41(28)34)38-22-12-9-20-36(38)42-43-35(26-27-40(47)48-42)33-19-10-13-23-39(33)52-43/h2,4-6,8-28,31,40,42,46,48H,3,7H2,1H3,(H,49,50,51). The fourth-order valence-electron chi connectivity index (χ4n) is 9.97. The molecule has 52 heavy (non-hydrogen) atoms. The predicted octanol–water partition coefficient (Wildman–Crippen LogP) is 9.45. The summed E-state index contributed by atoms with van der Waals surface area (Å²) in [5.74, 6) is 2.95. The smallest absolute Gasteiger partial charge is 0.151 e. The van der Waals surface area contributed by atoms with Crippen molar-refractivity contribution in [3.63, 3.8) is 0 Å². The first kappa shape index (κ1) is 29.9. The Morgan fingerprint density at radius 1 is 0.750 bits per heavy atom. The minimum absolute atomic E-state index is 0.00925. The summed E-state index contributed by atoms with van der Waals surface area (Å²) in [6, 6.07) is 37.0. The Morgan fingerprint density at radius 2 is 1.54 bits per heavy atom. The molecular formula is C47H38N4O. The minimum Gasteiger partial charge on any atom is -0.458 e. The molecule has 0 saturated heterocycles. The SMILES string of the molecule is CC1C2=C(C=CC1C1N=C(C3=CCCC=C3)NC(c3ccccc3)=N1)c1ccccc1C21c2ccccc2C2NC1C=Cc1c2oc2ccccc12. The zero-order chi connectivity index (χ0) is 34.4. The summed E-state index contributed by atoms with van der Waals surface area (Å²) >= 11 is 0. The number of hydrogen-bond donors (Lipinski definition) is 2. The van der Waals surface area contributed by atoms with Crippen molar-refractivity contribution < 1.29 is 4.42 Å². The van der Waals surface area contributed by atoms with Crippen molar-refractivity contribution in [1.29, 1.82) is 0 Å². The summed E-state index contributed by atoms with van der Waals surface area (Å²) in [6.07, 6.45) is 18.0. The highest BCUT2D eigenvalue weighted by atomic mass is 16.3. The molecule has 5 nitrogen and oxygen atoms in total. The monoisotopic (exact) mass is 674 g/mol. The van der Waals surface area contributed by atoms with E-state index in [-0.39, 0.29) is 30.1 Å². The highest BCUT2D eigenvalue weighted by Crippen LogP contribution is 2.62. The van der Waals surface area contributed by atoms with E-state index in [1.54, 1.807) is 0 Å². The molecule has 4 aromatic carbocycles. The van der Waals surface area contributed by atoms with Crippen molar-refractivity contribution in [1.82, 2.24) is 10.6 Å². The van der Waals surface area contributed by atoms with E-state index in [9.17, 15) is 0 Å². The number of hydrogen-bond acceptors (Lipinski definition) is 5. The van der Waals surface area contributed by atoms with E-state index in [4.69, 9.17) is 14.4 Å². The molecule has 0 saturated carbocycles. The lowest BCUT2D eigenvalue weighted by Gasteiger charge is -2.50. The second-order valence-corrected chi connectivity index (χ2v) is 14.8. The Balaban J connectivity index is 1.10. The van der Waals surface area contributed by atoms with Crippen LogP contribution in [-0.2, 0) is 5.41 Å². The van der Waals surface area contributed by atoms with Gasteiger partial charge in [0.2, 0.25) is 0 Å². The van der Waals surface area contributed by atoms with Gasteiger partial charge in [-0.25, -0.2) is 9.98 Å². The normalized spacial score (nSPS) is 27.9. The van der Waals surface area contributed by atoms with Crippen LogP contribution < -0.4 is 10.6 Å². The molecular weight excluding hydrogens is 637 g/mol. The summed E-state index contributed by atoms with van der Waals surface area (Å²) < 4.78 is 6.68. The van der Waals surface area contributed by atoms with Gasteiger partial charge in [0.25, 0.3) is 0 Å². The number of furan rings is 1. The fraction of sp³-hybridized carbons (Fsp3) is 0.191.